The molecule has 0 spiro atoms. The molecule has 0 aromatic carbocycles. The Balaban J connectivity index is 2.88. The van der Waals surface area contributed by atoms with Crippen LogP contribution in [0, 0.1) is 0 Å². The molecule has 0 rings (SSSR count). The lowest BCUT2D eigenvalue weighted by Crippen LogP contribution is -2.11. The van der Waals surface area contributed by atoms with Crippen LogP contribution in [-0.4, -0.2) is 28.5 Å². The van der Waals surface area contributed by atoms with E-state index in [4.69, 9.17) is 16.3 Å². The third-order valence-corrected chi connectivity index (χ3v) is 2.67. The van der Waals surface area contributed by atoms with Crippen LogP contribution in [0.2, 0.25) is 0 Å². The van der Waals surface area contributed by atoms with Crippen LogP contribution in [0.15, 0.2) is 0 Å². The average Bonchev–Trinajstić information content (AvgIpc) is 1.89. The minimum absolute atomic E-state index is 0.535. The summed E-state index contributed by atoms with van der Waals surface area (Å²) in [4.78, 5) is 0. The highest BCUT2D eigenvalue weighted by atomic mass is 35.5. The maximum absolute atomic E-state index is 5.46. The fourth-order valence-electron chi connectivity index (χ4n) is 0.457. The van der Waals surface area contributed by atoms with Crippen molar-refractivity contribution in [2.75, 3.05) is 12.5 Å². The molecule has 0 aliphatic rings. The molecular weight excluding hydrogens is 152 g/mol. The Morgan fingerprint density at radius 1 is 1.67 bits per heavy atom. The molecular formula is C6H15ClOSi. The molecule has 0 amide bonds. The predicted molar refractivity (Wildman–Crippen MR) is 45.3 cm³/mol. The summed E-state index contributed by atoms with van der Waals surface area (Å²) in [5, 5.41) is 0. The summed E-state index contributed by atoms with van der Waals surface area (Å²) in [6.07, 6.45) is 2.13. The molecule has 3 heteroatoms. The smallest absolute Gasteiger partial charge is 0.0476 e. The van der Waals surface area contributed by atoms with E-state index in [2.05, 4.69) is 6.92 Å². The number of halogens is 1. The third kappa shape index (κ3) is 6.35. The van der Waals surface area contributed by atoms with Gasteiger partial charge in [-0.15, -0.1) is 11.6 Å². The summed E-state index contributed by atoms with van der Waals surface area (Å²) in [7, 11) is 1.14. The molecule has 56 valence electrons. The van der Waals surface area contributed by atoms with Crippen LogP contribution < -0.4 is 0 Å². The van der Waals surface area contributed by atoms with Gasteiger partial charge in [-0.1, -0.05) is 6.92 Å². The van der Waals surface area contributed by atoms with Crippen molar-refractivity contribution in [1.82, 2.24) is 0 Å². The van der Waals surface area contributed by atoms with Crippen molar-refractivity contribution in [2.45, 2.75) is 25.5 Å². The van der Waals surface area contributed by atoms with Crippen LogP contribution in [0.3, 0.4) is 0 Å². The normalized spacial score (nSPS) is 14.0. The molecule has 9 heavy (non-hydrogen) atoms. The Morgan fingerprint density at radius 3 is 2.78 bits per heavy atom. The molecule has 1 nitrogen and oxygen atoms in total. The first kappa shape index (κ1) is 9.47. The molecule has 0 aliphatic carbocycles. The zero-order valence-electron chi connectivity index (χ0n) is 6.19. The van der Waals surface area contributed by atoms with Crippen molar-refractivity contribution < 1.29 is 4.74 Å². The van der Waals surface area contributed by atoms with E-state index in [1.165, 1.54) is 0 Å². The van der Waals surface area contributed by atoms with Crippen LogP contribution in [0.4, 0.5) is 0 Å². The van der Waals surface area contributed by atoms with Gasteiger partial charge in [0.2, 0.25) is 0 Å². The maximum atomic E-state index is 5.46. The molecule has 0 fully saturated rings. The standard InChI is InChI=1S/C6H15ClOSi/c1-2-6(9)8-5-3-4-7/h6H,2-5H2,1,9H3. The largest absolute Gasteiger partial charge is 0.383 e. The van der Waals surface area contributed by atoms with Crippen molar-refractivity contribution in [3.05, 3.63) is 0 Å². The van der Waals surface area contributed by atoms with Gasteiger partial charge in [-0.05, 0) is 12.8 Å². The zero-order chi connectivity index (χ0) is 7.11. The molecule has 1 atom stereocenters. The van der Waals surface area contributed by atoms with Gasteiger partial charge in [0.05, 0.1) is 0 Å². The Labute approximate surface area is 65.2 Å². The topological polar surface area (TPSA) is 9.23 Å². The maximum Gasteiger partial charge on any atom is 0.0476 e. The third-order valence-electron chi connectivity index (χ3n) is 1.26. The van der Waals surface area contributed by atoms with Crippen molar-refractivity contribution in [3.63, 3.8) is 0 Å². The molecule has 0 aliphatic heterocycles. The van der Waals surface area contributed by atoms with Crippen molar-refractivity contribution >= 4 is 21.8 Å². The van der Waals surface area contributed by atoms with Gasteiger partial charge in [-0.25, -0.2) is 0 Å². The first-order valence-corrected chi connectivity index (χ1v) is 5.17. The summed E-state index contributed by atoms with van der Waals surface area (Å²) in [6.45, 7) is 2.99. The van der Waals surface area contributed by atoms with Crippen molar-refractivity contribution in [3.8, 4) is 0 Å². The lowest BCUT2D eigenvalue weighted by Gasteiger charge is -2.08. The second kappa shape index (κ2) is 6.58. The summed E-state index contributed by atoms with van der Waals surface area (Å²) < 4.78 is 5.41. The summed E-state index contributed by atoms with van der Waals surface area (Å²) in [6, 6.07) is 0. The predicted octanol–water partition coefficient (Wildman–Crippen LogP) is 0.733. The molecule has 0 aromatic heterocycles. The number of hydrogen-bond acceptors (Lipinski definition) is 1. The number of hydrogen-bond donors (Lipinski definition) is 0. The van der Waals surface area contributed by atoms with Gasteiger partial charge in [0, 0.05) is 28.5 Å². The summed E-state index contributed by atoms with van der Waals surface area (Å²) in [5.41, 5.74) is 0.535. The number of rotatable bonds is 5. The van der Waals surface area contributed by atoms with Gasteiger partial charge < -0.3 is 4.74 Å². The Morgan fingerprint density at radius 2 is 2.33 bits per heavy atom. The van der Waals surface area contributed by atoms with Crippen LogP contribution in [0.1, 0.15) is 19.8 Å². The SMILES string of the molecule is CCC([SiH3])OCCCCl. The van der Waals surface area contributed by atoms with E-state index in [9.17, 15) is 0 Å². The Hall–Kier alpha value is 0.467. The quantitative estimate of drug-likeness (QED) is 0.333. The molecule has 0 radical (unpaired) electrons. The van der Waals surface area contributed by atoms with Crippen molar-refractivity contribution in [1.29, 1.82) is 0 Å². The number of ether oxygens (including phenoxy) is 1. The van der Waals surface area contributed by atoms with E-state index in [1.54, 1.807) is 0 Å². The Kier molecular flexibility index (Phi) is 6.93. The van der Waals surface area contributed by atoms with Gasteiger partial charge in [-0.2, -0.15) is 0 Å². The van der Waals surface area contributed by atoms with Gasteiger partial charge >= 0.3 is 0 Å². The number of alkyl halides is 1. The fraction of sp³-hybridized carbons (Fsp3) is 1.00. The van der Waals surface area contributed by atoms with E-state index in [0.29, 0.717) is 5.73 Å². The van der Waals surface area contributed by atoms with E-state index in [1.807, 2.05) is 0 Å². The van der Waals surface area contributed by atoms with Crippen LogP contribution in [0.5, 0.6) is 0 Å². The highest BCUT2D eigenvalue weighted by Crippen LogP contribution is 1.93. The molecule has 0 heterocycles. The monoisotopic (exact) mass is 166 g/mol. The van der Waals surface area contributed by atoms with E-state index >= 15 is 0 Å². The second-order valence-corrected chi connectivity index (χ2v) is 3.80. The van der Waals surface area contributed by atoms with E-state index in [-0.39, 0.29) is 0 Å². The highest BCUT2D eigenvalue weighted by molar-refractivity contribution is 6.17. The van der Waals surface area contributed by atoms with Crippen LogP contribution in [0.25, 0.3) is 0 Å². The van der Waals surface area contributed by atoms with Crippen LogP contribution >= 0.6 is 11.6 Å². The summed E-state index contributed by atoms with van der Waals surface area (Å²) in [5.74, 6) is 0.720. The molecule has 0 saturated heterocycles. The fourth-order valence-corrected chi connectivity index (χ4v) is 0.802. The molecule has 0 aromatic rings. The summed E-state index contributed by atoms with van der Waals surface area (Å²) >= 11 is 5.46. The molecule has 0 N–H and O–H groups in total. The first-order valence-electron chi connectivity index (χ1n) is 3.48. The lowest BCUT2D eigenvalue weighted by molar-refractivity contribution is 0.106. The minimum Gasteiger partial charge on any atom is -0.383 e. The van der Waals surface area contributed by atoms with E-state index < -0.39 is 0 Å². The highest BCUT2D eigenvalue weighted by Gasteiger charge is 1.95. The van der Waals surface area contributed by atoms with Gasteiger partial charge in [0.25, 0.3) is 0 Å². The second-order valence-electron chi connectivity index (χ2n) is 2.13. The van der Waals surface area contributed by atoms with Crippen LogP contribution in [-0.2, 0) is 4.74 Å². The average molecular weight is 167 g/mol. The lowest BCUT2D eigenvalue weighted by atomic mass is 10.5. The van der Waals surface area contributed by atoms with Gasteiger partial charge in [0.1, 0.15) is 0 Å². The zero-order valence-corrected chi connectivity index (χ0v) is 8.95. The minimum atomic E-state index is 0.535. The molecule has 1 unspecified atom stereocenters. The van der Waals surface area contributed by atoms with Crippen molar-refractivity contribution in [2.24, 2.45) is 0 Å². The van der Waals surface area contributed by atoms with Gasteiger partial charge in [-0.3, -0.25) is 0 Å². The molecule has 0 saturated carbocycles. The Bertz CT molecular complexity index is 61.0. The first-order chi connectivity index (χ1) is 4.31. The molecule has 0 bridgehead atoms. The van der Waals surface area contributed by atoms with E-state index in [0.717, 1.165) is 35.6 Å². The van der Waals surface area contributed by atoms with Gasteiger partial charge in [0.15, 0.2) is 0 Å².